The average Bonchev–Trinajstić information content (AvgIpc) is 3.16. The number of nitro benzene ring substituents is 1. The molecule has 8 nitrogen and oxygen atoms in total. The van der Waals surface area contributed by atoms with Crippen LogP contribution in [0.15, 0.2) is 75.4 Å². The first-order valence-electron chi connectivity index (χ1n) is 8.73. The number of anilines is 1. The van der Waals surface area contributed by atoms with E-state index >= 15 is 0 Å². The van der Waals surface area contributed by atoms with Crippen LogP contribution < -0.4 is 10.6 Å². The lowest BCUT2D eigenvalue weighted by molar-refractivity contribution is -0.384. The van der Waals surface area contributed by atoms with Crippen LogP contribution >= 0.6 is 15.9 Å². The second kappa shape index (κ2) is 9.19. The SMILES string of the molecule is Cc1ccc(NC(=O)C(=Cc2cccc([N+](=O)[O-])c2)NC(=O)c2ccc(Br)o2)cc1. The molecule has 1 heterocycles. The van der Waals surface area contributed by atoms with Gasteiger partial charge in [-0.15, -0.1) is 0 Å². The average molecular weight is 470 g/mol. The predicted octanol–water partition coefficient (Wildman–Crippen LogP) is 4.67. The van der Waals surface area contributed by atoms with Gasteiger partial charge in [-0.2, -0.15) is 0 Å². The van der Waals surface area contributed by atoms with Gasteiger partial charge in [0.15, 0.2) is 10.4 Å². The zero-order chi connectivity index (χ0) is 21.7. The second-order valence-corrected chi connectivity index (χ2v) is 7.07. The number of non-ortho nitro benzene ring substituents is 1. The number of rotatable bonds is 6. The maximum absolute atomic E-state index is 12.8. The molecule has 0 spiro atoms. The highest BCUT2D eigenvalue weighted by Gasteiger charge is 2.18. The van der Waals surface area contributed by atoms with Gasteiger partial charge in [-0.25, -0.2) is 0 Å². The molecule has 0 aliphatic carbocycles. The summed E-state index contributed by atoms with van der Waals surface area (Å²) in [6.07, 6.45) is 1.35. The second-order valence-electron chi connectivity index (χ2n) is 6.29. The van der Waals surface area contributed by atoms with Gasteiger partial charge in [0, 0.05) is 17.8 Å². The summed E-state index contributed by atoms with van der Waals surface area (Å²) in [5.41, 5.74) is 1.69. The van der Waals surface area contributed by atoms with Crippen molar-refractivity contribution in [1.29, 1.82) is 0 Å². The number of carbonyl (C=O) groups excluding carboxylic acids is 2. The first kappa shape index (κ1) is 21.0. The standard InChI is InChI=1S/C21H16BrN3O5/c1-13-5-7-15(8-6-13)23-20(26)17(24-21(27)18-9-10-19(22)30-18)12-14-3-2-4-16(11-14)25(28)29/h2-12H,1H3,(H,23,26)(H,24,27). The molecule has 2 N–H and O–H groups in total. The Morgan fingerprint density at radius 1 is 1.10 bits per heavy atom. The number of nitrogens with one attached hydrogen (secondary N) is 2. The minimum absolute atomic E-state index is 0.00467. The molecule has 0 aliphatic heterocycles. The predicted molar refractivity (Wildman–Crippen MR) is 115 cm³/mol. The van der Waals surface area contributed by atoms with Crippen molar-refractivity contribution < 1.29 is 18.9 Å². The Morgan fingerprint density at radius 3 is 2.47 bits per heavy atom. The van der Waals surface area contributed by atoms with Crippen molar-refractivity contribution in [3.63, 3.8) is 0 Å². The molecule has 9 heteroatoms. The molecule has 30 heavy (non-hydrogen) atoms. The molecule has 1 aromatic heterocycles. The monoisotopic (exact) mass is 469 g/mol. The molecule has 2 amide bonds. The summed E-state index contributed by atoms with van der Waals surface area (Å²) in [5, 5.41) is 16.2. The van der Waals surface area contributed by atoms with E-state index in [1.807, 2.05) is 19.1 Å². The molecule has 0 fully saturated rings. The Hall–Kier alpha value is -3.72. The van der Waals surface area contributed by atoms with E-state index in [2.05, 4.69) is 26.6 Å². The summed E-state index contributed by atoms with van der Waals surface area (Å²) < 4.78 is 5.58. The molecule has 0 bridgehead atoms. The van der Waals surface area contributed by atoms with Gasteiger partial charge in [-0.05, 0) is 58.8 Å². The highest BCUT2D eigenvalue weighted by atomic mass is 79.9. The Kier molecular flexibility index (Phi) is 6.43. The lowest BCUT2D eigenvalue weighted by atomic mass is 10.1. The van der Waals surface area contributed by atoms with Crippen molar-refractivity contribution in [3.05, 3.63) is 98.0 Å². The Bertz CT molecular complexity index is 1140. The highest BCUT2D eigenvalue weighted by molar-refractivity contribution is 9.10. The zero-order valence-corrected chi connectivity index (χ0v) is 17.3. The maximum Gasteiger partial charge on any atom is 0.291 e. The van der Waals surface area contributed by atoms with Crippen LogP contribution in [-0.4, -0.2) is 16.7 Å². The fraction of sp³-hybridized carbons (Fsp3) is 0.0476. The Balaban J connectivity index is 1.91. The molecule has 0 aliphatic rings. The van der Waals surface area contributed by atoms with Gasteiger partial charge in [0.05, 0.1) is 4.92 Å². The Labute approximate surface area is 179 Å². The lowest BCUT2D eigenvalue weighted by Gasteiger charge is -2.11. The van der Waals surface area contributed by atoms with Gasteiger partial charge in [0.1, 0.15) is 5.70 Å². The van der Waals surface area contributed by atoms with Crippen LogP contribution in [0.1, 0.15) is 21.7 Å². The van der Waals surface area contributed by atoms with E-state index in [0.29, 0.717) is 15.9 Å². The molecular weight excluding hydrogens is 454 g/mol. The number of aryl methyl sites for hydroxylation is 1. The van der Waals surface area contributed by atoms with Crippen molar-refractivity contribution in [2.45, 2.75) is 6.92 Å². The third-order valence-corrected chi connectivity index (χ3v) is 4.42. The highest BCUT2D eigenvalue weighted by Crippen LogP contribution is 2.18. The Morgan fingerprint density at radius 2 is 1.83 bits per heavy atom. The lowest BCUT2D eigenvalue weighted by Crippen LogP contribution is -2.30. The van der Waals surface area contributed by atoms with Gasteiger partial charge in [-0.3, -0.25) is 19.7 Å². The molecular formula is C21H16BrN3O5. The number of hydrogen-bond acceptors (Lipinski definition) is 5. The fourth-order valence-corrected chi connectivity index (χ4v) is 2.82. The van der Waals surface area contributed by atoms with Crippen molar-refractivity contribution in [3.8, 4) is 0 Å². The molecule has 3 aromatic rings. The van der Waals surface area contributed by atoms with E-state index < -0.39 is 16.7 Å². The fourth-order valence-electron chi connectivity index (χ4n) is 2.51. The van der Waals surface area contributed by atoms with Crippen LogP contribution in [0.25, 0.3) is 6.08 Å². The number of carbonyl (C=O) groups is 2. The van der Waals surface area contributed by atoms with Crippen LogP contribution in [0, 0.1) is 17.0 Å². The number of furan rings is 1. The number of halogens is 1. The van der Waals surface area contributed by atoms with Crippen molar-refractivity contribution in [2.75, 3.05) is 5.32 Å². The van der Waals surface area contributed by atoms with Crippen LogP contribution in [0.5, 0.6) is 0 Å². The van der Waals surface area contributed by atoms with E-state index in [0.717, 1.165) is 5.56 Å². The van der Waals surface area contributed by atoms with E-state index in [1.54, 1.807) is 24.3 Å². The van der Waals surface area contributed by atoms with E-state index in [9.17, 15) is 19.7 Å². The summed E-state index contributed by atoms with van der Waals surface area (Å²) in [6, 6.07) is 15.8. The van der Waals surface area contributed by atoms with Crippen molar-refractivity contribution in [1.82, 2.24) is 5.32 Å². The third-order valence-electron chi connectivity index (χ3n) is 3.99. The van der Waals surface area contributed by atoms with Crippen LogP contribution in [0.4, 0.5) is 11.4 Å². The van der Waals surface area contributed by atoms with Gasteiger partial charge >= 0.3 is 0 Å². The van der Waals surface area contributed by atoms with Crippen LogP contribution in [0.2, 0.25) is 0 Å². The summed E-state index contributed by atoms with van der Waals surface area (Å²) in [5.74, 6) is -1.24. The van der Waals surface area contributed by atoms with Crippen LogP contribution in [0.3, 0.4) is 0 Å². The maximum atomic E-state index is 12.8. The van der Waals surface area contributed by atoms with Gasteiger partial charge in [0.2, 0.25) is 0 Å². The van der Waals surface area contributed by atoms with Gasteiger partial charge in [-0.1, -0.05) is 29.8 Å². The smallest absolute Gasteiger partial charge is 0.291 e. The van der Waals surface area contributed by atoms with E-state index in [-0.39, 0.29) is 17.1 Å². The molecule has 152 valence electrons. The minimum atomic E-state index is -0.642. The molecule has 3 rings (SSSR count). The quantitative estimate of drug-likeness (QED) is 0.309. The normalized spacial score (nSPS) is 11.1. The summed E-state index contributed by atoms with van der Waals surface area (Å²) >= 11 is 3.12. The first-order chi connectivity index (χ1) is 14.3. The molecule has 0 saturated carbocycles. The molecule has 2 aromatic carbocycles. The van der Waals surface area contributed by atoms with Gasteiger partial charge in [0.25, 0.3) is 17.5 Å². The summed E-state index contributed by atoms with van der Waals surface area (Å²) in [4.78, 5) is 35.8. The number of nitrogens with zero attached hydrogens (tertiary/aromatic N) is 1. The van der Waals surface area contributed by atoms with E-state index in [4.69, 9.17) is 4.42 Å². The minimum Gasteiger partial charge on any atom is -0.444 e. The largest absolute Gasteiger partial charge is 0.444 e. The number of nitro groups is 1. The third kappa shape index (κ3) is 5.42. The topological polar surface area (TPSA) is 114 Å². The van der Waals surface area contributed by atoms with Crippen molar-refractivity contribution in [2.24, 2.45) is 0 Å². The molecule has 0 unspecified atom stereocenters. The number of amides is 2. The van der Waals surface area contributed by atoms with Crippen molar-refractivity contribution >= 4 is 45.2 Å². The molecule has 0 atom stereocenters. The summed E-state index contributed by atoms with van der Waals surface area (Å²) in [7, 11) is 0. The molecule has 0 radical (unpaired) electrons. The van der Waals surface area contributed by atoms with E-state index in [1.165, 1.54) is 30.3 Å². The number of benzene rings is 2. The van der Waals surface area contributed by atoms with Crippen LogP contribution in [-0.2, 0) is 4.79 Å². The zero-order valence-electron chi connectivity index (χ0n) is 15.7. The first-order valence-corrected chi connectivity index (χ1v) is 9.52. The number of hydrogen-bond donors (Lipinski definition) is 2. The summed E-state index contributed by atoms with van der Waals surface area (Å²) in [6.45, 7) is 1.92. The van der Waals surface area contributed by atoms with Gasteiger partial charge < -0.3 is 15.1 Å². The molecule has 0 saturated heterocycles.